The number of ketones is 1. The van der Waals surface area contributed by atoms with E-state index in [0.717, 1.165) is 19.2 Å². The first-order valence-corrected chi connectivity index (χ1v) is 7.27. The van der Waals surface area contributed by atoms with E-state index in [1.54, 1.807) is 24.3 Å². The van der Waals surface area contributed by atoms with E-state index in [1.165, 1.54) is 0 Å². The summed E-state index contributed by atoms with van der Waals surface area (Å²) in [7, 11) is 0. The number of hydrogen-bond donors (Lipinski definition) is 0. The highest BCUT2D eigenvalue weighted by molar-refractivity contribution is 6.02. The van der Waals surface area contributed by atoms with Crippen molar-refractivity contribution in [3.05, 3.63) is 42.5 Å². The van der Waals surface area contributed by atoms with Crippen molar-refractivity contribution in [3.8, 4) is 5.75 Å². The third-order valence-corrected chi connectivity index (χ3v) is 3.86. The highest BCUT2D eigenvalue weighted by atomic mass is 16.5. The van der Waals surface area contributed by atoms with E-state index in [2.05, 4.69) is 11.5 Å². The molecule has 1 aliphatic rings. The number of rotatable bonds is 5. The molecule has 5 nitrogen and oxygen atoms in total. The van der Waals surface area contributed by atoms with Gasteiger partial charge in [-0.25, -0.2) is 4.79 Å². The highest BCUT2D eigenvalue weighted by Crippen LogP contribution is 2.23. The quantitative estimate of drug-likeness (QED) is 0.361. The maximum atomic E-state index is 12.7. The van der Waals surface area contributed by atoms with Crippen LogP contribution < -0.4 is 4.74 Å². The van der Waals surface area contributed by atoms with Crippen LogP contribution in [0.2, 0.25) is 0 Å². The predicted octanol–water partition coefficient (Wildman–Crippen LogP) is 2.07. The third-order valence-electron chi connectivity index (χ3n) is 3.86. The van der Waals surface area contributed by atoms with E-state index in [-0.39, 0.29) is 5.78 Å². The average Bonchev–Trinajstić information content (AvgIpc) is 2.55. The summed E-state index contributed by atoms with van der Waals surface area (Å²) in [5, 5.41) is 0. The zero-order valence-electron chi connectivity index (χ0n) is 13.0. The molecule has 0 bridgehead atoms. The average molecular weight is 303 g/mol. The number of benzene rings is 1. The van der Waals surface area contributed by atoms with E-state index in [4.69, 9.17) is 9.47 Å². The molecule has 1 heterocycles. The van der Waals surface area contributed by atoms with Gasteiger partial charge < -0.3 is 9.47 Å². The SMILES string of the molecule is C=CC(=O)Oc1ccc(C(=O)C(C)(C)N2CCOCC2)cc1. The Morgan fingerprint density at radius 3 is 2.36 bits per heavy atom. The van der Waals surface area contributed by atoms with Crippen LogP contribution in [0.5, 0.6) is 5.75 Å². The minimum Gasteiger partial charge on any atom is -0.423 e. The summed E-state index contributed by atoms with van der Waals surface area (Å²) in [6.07, 6.45) is 1.10. The number of hydrogen-bond acceptors (Lipinski definition) is 5. The maximum absolute atomic E-state index is 12.7. The molecule has 5 heteroatoms. The molecule has 0 radical (unpaired) electrons. The molecule has 0 N–H and O–H groups in total. The van der Waals surface area contributed by atoms with Crippen LogP contribution in [0.1, 0.15) is 24.2 Å². The Balaban J connectivity index is 2.11. The Kier molecular flexibility index (Phi) is 5.11. The first-order valence-electron chi connectivity index (χ1n) is 7.27. The first-order chi connectivity index (χ1) is 10.4. The molecule has 0 saturated carbocycles. The summed E-state index contributed by atoms with van der Waals surface area (Å²) >= 11 is 0. The van der Waals surface area contributed by atoms with Gasteiger partial charge in [0.2, 0.25) is 0 Å². The maximum Gasteiger partial charge on any atom is 0.335 e. The Morgan fingerprint density at radius 2 is 1.82 bits per heavy atom. The van der Waals surface area contributed by atoms with Crippen LogP contribution in [0, 0.1) is 0 Å². The standard InChI is InChI=1S/C17H21NO4/c1-4-15(19)22-14-7-5-13(6-8-14)16(20)17(2,3)18-9-11-21-12-10-18/h4-8H,1,9-12H2,2-3H3. The second-order valence-electron chi connectivity index (χ2n) is 5.64. The van der Waals surface area contributed by atoms with E-state index >= 15 is 0 Å². The summed E-state index contributed by atoms with van der Waals surface area (Å²) < 4.78 is 10.3. The molecule has 1 aromatic rings. The zero-order valence-corrected chi connectivity index (χ0v) is 13.0. The van der Waals surface area contributed by atoms with Crippen LogP contribution in [-0.2, 0) is 9.53 Å². The summed E-state index contributed by atoms with van der Waals surface area (Å²) in [6.45, 7) is 9.97. The smallest absolute Gasteiger partial charge is 0.335 e. The molecule has 0 unspecified atom stereocenters. The fourth-order valence-corrected chi connectivity index (χ4v) is 2.45. The van der Waals surface area contributed by atoms with Gasteiger partial charge in [0.05, 0.1) is 18.8 Å². The van der Waals surface area contributed by atoms with Gasteiger partial charge in [-0.15, -0.1) is 0 Å². The van der Waals surface area contributed by atoms with Crippen LogP contribution in [0.25, 0.3) is 0 Å². The van der Waals surface area contributed by atoms with Crippen molar-refractivity contribution >= 4 is 11.8 Å². The van der Waals surface area contributed by atoms with Crippen LogP contribution >= 0.6 is 0 Å². The number of esters is 1. The number of morpholine rings is 1. The van der Waals surface area contributed by atoms with E-state index in [9.17, 15) is 9.59 Å². The van der Waals surface area contributed by atoms with Crippen molar-refractivity contribution in [2.75, 3.05) is 26.3 Å². The molecular weight excluding hydrogens is 282 g/mol. The second-order valence-corrected chi connectivity index (χ2v) is 5.64. The van der Waals surface area contributed by atoms with Crippen molar-refractivity contribution in [1.82, 2.24) is 4.90 Å². The molecule has 0 spiro atoms. The number of carbonyl (C=O) groups is 2. The largest absolute Gasteiger partial charge is 0.423 e. The van der Waals surface area contributed by atoms with Gasteiger partial charge in [-0.05, 0) is 38.1 Å². The van der Waals surface area contributed by atoms with Crippen LogP contribution in [-0.4, -0.2) is 48.5 Å². The van der Waals surface area contributed by atoms with E-state index < -0.39 is 11.5 Å². The summed E-state index contributed by atoms with van der Waals surface area (Å²) in [4.78, 5) is 26.0. The molecule has 118 valence electrons. The molecule has 0 amide bonds. The van der Waals surface area contributed by atoms with Gasteiger partial charge in [-0.3, -0.25) is 9.69 Å². The second kappa shape index (κ2) is 6.85. The lowest BCUT2D eigenvalue weighted by Crippen LogP contribution is -2.54. The molecule has 1 fully saturated rings. The third kappa shape index (κ3) is 3.61. The van der Waals surface area contributed by atoms with Crippen molar-refractivity contribution in [2.45, 2.75) is 19.4 Å². The molecule has 0 atom stereocenters. The van der Waals surface area contributed by atoms with Crippen LogP contribution in [0.4, 0.5) is 0 Å². The summed E-state index contributed by atoms with van der Waals surface area (Å²) in [5.41, 5.74) is -0.00166. The van der Waals surface area contributed by atoms with Gasteiger partial charge in [0, 0.05) is 24.7 Å². The fourth-order valence-electron chi connectivity index (χ4n) is 2.45. The lowest BCUT2D eigenvalue weighted by atomic mass is 9.91. The Bertz CT molecular complexity index is 557. The summed E-state index contributed by atoms with van der Waals surface area (Å²) in [6, 6.07) is 6.58. The van der Waals surface area contributed by atoms with Gasteiger partial charge in [-0.2, -0.15) is 0 Å². The topological polar surface area (TPSA) is 55.8 Å². The Labute approximate surface area is 130 Å². The molecule has 0 aromatic heterocycles. The monoisotopic (exact) mass is 303 g/mol. The van der Waals surface area contributed by atoms with E-state index in [1.807, 2.05) is 13.8 Å². The minimum absolute atomic E-state index is 0.0380. The van der Waals surface area contributed by atoms with Gasteiger partial charge in [0.25, 0.3) is 0 Å². The number of ether oxygens (including phenoxy) is 2. The number of nitrogens with zero attached hydrogens (tertiary/aromatic N) is 1. The normalized spacial score (nSPS) is 16.1. The van der Waals surface area contributed by atoms with Crippen LogP contribution in [0.15, 0.2) is 36.9 Å². The lowest BCUT2D eigenvalue weighted by Gasteiger charge is -2.39. The van der Waals surface area contributed by atoms with E-state index in [0.29, 0.717) is 24.5 Å². The first kappa shape index (κ1) is 16.4. The Morgan fingerprint density at radius 1 is 1.23 bits per heavy atom. The number of Topliss-reactive ketones (excluding diaryl/α,β-unsaturated/α-hetero) is 1. The van der Waals surface area contributed by atoms with Gasteiger partial charge in [-0.1, -0.05) is 6.58 Å². The van der Waals surface area contributed by atoms with Crippen molar-refractivity contribution in [3.63, 3.8) is 0 Å². The van der Waals surface area contributed by atoms with Gasteiger partial charge in [0.1, 0.15) is 5.75 Å². The molecule has 1 aromatic carbocycles. The zero-order chi connectivity index (χ0) is 16.2. The van der Waals surface area contributed by atoms with Crippen molar-refractivity contribution in [1.29, 1.82) is 0 Å². The molecular formula is C17H21NO4. The highest BCUT2D eigenvalue weighted by Gasteiger charge is 2.35. The molecule has 1 saturated heterocycles. The fraction of sp³-hybridized carbons (Fsp3) is 0.412. The minimum atomic E-state index is -0.594. The summed E-state index contributed by atoms with van der Waals surface area (Å²) in [5.74, 6) is -0.0886. The molecule has 22 heavy (non-hydrogen) atoms. The van der Waals surface area contributed by atoms with Gasteiger partial charge >= 0.3 is 5.97 Å². The van der Waals surface area contributed by atoms with Crippen molar-refractivity contribution < 1.29 is 19.1 Å². The van der Waals surface area contributed by atoms with Gasteiger partial charge in [0.15, 0.2) is 5.78 Å². The lowest BCUT2D eigenvalue weighted by molar-refractivity contribution is -0.128. The Hall–Kier alpha value is -1.98. The van der Waals surface area contributed by atoms with Crippen molar-refractivity contribution in [2.24, 2.45) is 0 Å². The van der Waals surface area contributed by atoms with Crippen LogP contribution in [0.3, 0.4) is 0 Å². The molecule has 2 rings (SSSR count). The predicted molar refractivity (Wildman–Crippen MR) is 83.1 cm³/mol. The molecule has 0 aliphatic carbocycles. The molecule has 1 aliphatic heterocycles. The number of carbonyl (C=O) groups excluding carboxylic acids is 2.